The standard InChI is InChI=1S/C15H8BrClINO/c16-10-3-1-2-9(6-10)13(8-19)15(20)12-7-11(17)4-5-14(12)18/h1-7,13H. The number of carbonyl (C=O) groups excluding carboxylic acids is 1. The van der Waals surface area contributed by atoms with Crippen LogP contribution in [0, 0.1) is 14.9 Å². The quantitative estimate of drug-likeness (QED) is 0.467. The lowest BCUT2D eigenvalue weighted by Crippen LogP contribution is -2.12. The molecule has 0 aromatic heterocycles. The molecule has 0 N–H and O–H groups in total. The van der Waals surface area contributed by atoms with Gasteiger partial charge in [-0.2, -0.15) is 5.26 Å². The molecule has 0 spiro atoms. The summed E-state index contributed by atoms with van der Waals surface area (Å²) in [5, 5.41) is 9.83. The third kappa shape index (κ3) is 3.40. The number of benzene rings is 2. The minimum Gasteiger partial charge on any atom is -0.292 e. The van der Waals surface area contributed by atoms with Gasteiger partial charge in [-0.15, -0.1) is 0 Å². The molecule has 0 saturated heterocycles. The molecule has 0 amide bonds. The summed E-state index contributed by atoms with van der Waals surface area (Å²) in [7, 11) is 0. The van der Waals surface area contributed by atoms with Gasteiger partial charge in [0.05, 0.1) is 6.07 Å². The van der Waals surface area contributed by atoms with Crippen LogP contribution in [0.15, 0.2) is 46.9 Å². The van der Waals surface area contributed by atoms with Crippen LogP contribution in [0.1, 0.15) is 21.8 Å². The number of Topliss-reactive ketones (excluding diaryl/α,β-unsaturated/α-hetero) is 1. The lowest BCUT2D eigenvalue weighted by atomic mass is 9.92. The van der Waals surface area contributed by atoms with E-state index in [0.717, 1.165) is 8.04 Å². The summed E-state index contributed by atoms with van der Waals surface area (Å²) in [6.07, 6.45) is 0. The molecule has 0 fully saturated rings. The van der Waals surface area contributed by atoms with E-state index >= 15 is 0 Å². The highest BCUT2D eigenvalue weighted by molar-refractivity contribution is 14.1. The van der Waals surface area contributed by atoms with Crippen molar-refractivity contribution in [1.29, 1.82) is 5.26 Å². The number of rotatable bonds is 3. The Kier molecular flexibility index (Phi) is 5.19. The van der Waals surface area contributed by atoms with Crippen LogP contribution in [0.5, 0.6) is 0 Å². The third-order valence-corrected chi connectivity index (χ3v) is 4.44. The van der Waals surface area contributed by atoms with Gasteiger partial charge in [-0.05, 0) is 58.5 Å². The van der Waals surface area contributed by atoms with Crippen LogP contribution in [0.2, 0.25) is 5.02 Å². The summed E-state index contributed by atoms with van der Waals surface area (Å²) in [4.78, 5) is 12.6. The van der Waals surface area contributed by atoms with Gasteiger partial charge in [0, 0.05) is 18.6 Å². The summed E-state index contributed by atoms with van der Waals surface area (Å²) in [5.41, 5.74) is 1.15. The predicted octanol–water partition coefficient (Wildman–Crippen LogP) is 5.20. The first kappa shape index (κ1) is 15.5. The van der Waals surface area contributed by atoms with Crippen LogP contribution in [0.25, 0.3) is 0 Å². The fraction of sp³-hybridized carbons (Fsp3) is 0.0667. The van der Waals surface area contributed by atoms with E-state index in [1.165, 1.54) is 0 Å². The van der Waals surface area contributed by atoms with Crippen molar-refractivity contribution in [2.75, 3.05) is 0 Å². The average Bonchev–Trinajstić information content (AvgIpc) is 2.42. The van der Waals surface area contributed by atoms with Gasteiger partial charge in [0.25, 0.3) is 0 Å². The number of hydrogen-bond donors (Lipinski definition) is 0. The lowest BCUT2D eigenvalue weighted by molar-refractivity contribution is 0.0978. The monoisotopic (exact) mass is 459 g/mol. The topological polar surface area (TPSA) is 40.9 Å². The lowest BCUT2D eigenvalue weighted by Gasteiger charge is -2.11. The number of hydrogen-bond acceptors (Lipinski definition) is 2. The zero-order chi connectivity index (χ0) is 14.7. The molecule has 2 aromatic rings. The van der Waals surface area contributed by atoms with E-state index in [1.807, 2.05) is 6.07 Å². The van der Waals surface area contributed by atoms with Gasteiger partial charge in [-0.25, -0.2) is 0 Å². The molecule has 0 saturated carbocycles. The van der Waals surface area contributed by atoms with Crippen molar-refractivity contribution in [2.45, 2.75) is 5.92 Å². The highest BCUT2D eigenvalue weighted by atomic mass is 127. The van der Waals surface area contributed by atoms with Crippen LogP contribution in [0.3, 0.4) is 0 Å². The van der Waals surface area contributed by atoms with E-state index in [1.54, 1.807) is 36.4 Å². The molecule has 5 heteroatoms. The number of carbonyl (C=O) groups is 1. The van der Waals surface area contributed by atoms with Gasteiger partial charge in [0.15, 0.2) is 5.78 Å². The molecule has 0 aliphatic carbocycles. The Hall–Kier alpha value is -0.900. The Morgan fingerprint density at radius 3 is 2.70 bits per heavy atom. The molecule has 100 valence electrons. The van der Waals surface area contributed by atoms with Crippen molar-refractivity contribution < 1.29 is 4.79 Å². The second-order valence-electron chi connectivity index (χ2n) is 4.11. The number of nitrogens with zero attached hydrogens (tertiary/aromatic N) is 1. The Balaban J connectivity index is 2.45. The fourth-order valence-electron chi connectivity index (χ4n) is 1.81. The zero-order valence-corrected chi connectivity index (χ0v) is 14.6. The van der Waals surface area contributed by atoms with E-state index in [4.69, 9.17) is 11.6 Å². The van der Waals surface area contributed by atoms with Crippen molar-refractivity contribution in [1.82, 2.24) is 0 Å². The molecule has 0 radical (unpaired) electrons. The second-order valence-corrected chi connectivity index (χ2v) is 6.62. The SMILES string of the molecule is N#CC(C(=O)c1cc(Cl)ccc1I)c1cccc(Br)c1. The highest BCUT2D eigenvalue weighted by Crippen LogP contribution is 2.27. The maximum Gasteiger partial charge on any atom is 0.185 e. The summed E-state index contributed by atoms with van der Waals surface area (Å²) in [5.74, 6) is -1.07. The highest BCUT2D eigenvalue weighted by Gasteiger charge is 2.23. The molecule has 20 heavy (non-hydrogen) atoms. The van der Waals surface area contributed by atoms with E-state index < -0.39 is 5.92 Å². The normalized spacial score (nSPS) is 11.7. The molecule has 1 unspecified atom stereocenters. The molecule has 0 heterocycles. The number of halogens is 3. The zero-order valence-electron chi connectivity index (χ0n) is 10.1. The van der Waals surface area contributed by atoms with Crippen LogP contribution >= 0.6 is 50.1 Å². The fourth-order valence-corrected chi connectivity index (χ4v) is 3.00. The summed E-state index contributed by atoms with van der Waals surface area (Å²) in [6.45, 7) is 0. The summed E-state index contributed by atoms with van der Waals surface area (Å²) >= 11 is 11.4. The van der Waals surface area contributed by atoms with Crippen molar-refractivity contribution in [3.05, 3.63) is 66.7 Å². The maximum absolute atomic E-state index is 12.6. The van der Waals surface area contributed by atoms with Crippen LogP contribution < -0.4 is 0 Å². The Labute approximate surface area is 144 Å². The molecular formula is C15H8BrClINO. The molecular weight excluding hydrogens is 452 g/mol. The van der Waals surface area contributed by atoms with E-state index in [9.17, 15) is 10.1 Å². The molecule has 0 aliphatic heterocycles. The van der Waals surface area contributed by atoms with Crippen LogP contribution in [0.4, 0.5) is 0 Å². The van der Waals surface area contributed by atoms with Crippen molar-refractivity contribution in [2.24, 2.45) is 0 Å². The van der Waals surface area contributed by atoms with Gasteiger partial charge >= 0.3 is 0 Å². The first-order valence-electron chi connectivity index (χ1n) is 5.67. The van der Waals surface area contributed by atoms with Crippen molar-refractivity contribution in [3.63, 3.8) is 0 Å². The van der Waals surface area contributed by atoms with Gasteiger partial charge < -0.3 is 0 Å². The second kappa shape index (κ2) is 6.70. The third-order valence-electron chi connectivity index (χ3n) is 2.77. The Morgan fingerprint density at radius 2 is 2.05 bits per heavy atom. The molecule has 1 atom stereocenters. The number of ketones is 1. The van der Waals surface area contributed by atoms with Crippen LogP contribution in [-0.4, -0.2) is 5.78 Å². The molecule has 0 aliphatic rings. The average molecular weight is 460 g/mol. The minimum atomic E-state index is -0.834. The molecule has 0 bridgehead atoms. The molecule has 2 nitrogen and oxygen atoms in total. The largest absolute Gasteiger partial charge is 0.292 e. The first-order chi connectivity index (χ1) is 9.52. The van der Waals surface area contributed by atoms with Crippen molar-refractivity contribution >= 4 is 55.9 Å². The molecule has 2 rings (SSSR count). The minimum absolute atomic E-state index is 0.238. The van der Waals surface area contributed by atoms with Crippen molar-refractivity contribution in [3.8, 4) is 6.07 Å². The Bertz CT molecular complexity index is 711. The number of nitriles is 1. The van der Waals surface area contributed by atoms with Gasteiger partial charge in [-0.3, -0.25) is 4.79 Å². The van der Waals surface area contributed by atoms with E-state index in [2.05, 4.69) is 44.6 Å². The smallest absolute Gasteiger partial charge is 0.185 e. The summed E-state index contributed by atoms with van der Waals surface area (Å²) < 4.78 is 1.62. The van der Waals surface area contributed by atoms with Gasteiger partial charge in [0.1, 0.15) is 5.92 Å². The van der Waals surface area contributed by atoms with Gasteiger partial charge in [0.2, 0.25) is 0 Å². The predicted molar refractivity (Wildman–Crippen MR) is 91.0 cm³/mol. The van der Waals surface area contributed by atoms with E-state index in [0.29, 0.717) is 16.1 Å². The Morgan fingerprint density at radius 1 is 1.30 bits per heavy atom. The first-order valence-corrected chi connectivity index (χ1v) is 7.92. The van der Waals surface area contributed by atoms with E-state index in [-0.39, 0.29) is 5.78 Å². The van der Waals surface area contributed by atoms with Crippen LogP contribution in [-0.2, 0) is 0 Å². The maximum atomic E-state index is 12.6. The summed E-state index contributed by atoms with van der Waals surface area (Å²) in [6, 6.07) is 14.4. The van der Waals surface area contributed by atoms with Gasteiger partial charge in [-0.1, -0.05) is 39.7 Å². The molecule has 2 aromatic carbocycles.